The summed E-state index contributed by atoms with van der Waals surface area (Å²) in [6.45, 7) is 1.82. The predicted molar refractivity (Wildman–Crippen MR) is 67.5 cm³/mol. The van der Waals surface area contributed by atoms with E-state index in [4.69, 9.17) is 23.2 Å². The van der Waals surface area contributed by atoms with Gasteiger partial charge in [0.05, 0.1) is 10.6 Å². The van der Waals surface area contributed by atoms with Crippen molar-refractivity contribution < 1.29 is 9.59 Å². The summed E-state index contributed by atoms with van der Waals surface area (Å²) >= 11 is 12.5. The first-order valence-electron chi connectivity index (χ1n) is 4.47. The van der Waals surface area contributed by atoms with E-state index in [1.54, 1.807) is 6.07 Å². The summed E-state index contributed by atoms with van der Waals surface area (Å²) in [6.07, 6.45) is 0. The van der Waals surface area contributed by atoms with Crippen LogP contribution in [0.3, 0.4) is 0 Å². The Labute approximate surface area is 107 Å². The van der Waals surface area contributed by atoms with Crippen LogP contribution in [0.15, 0.2) is 18.2 Å². The second-order valence-electron chi connectivity index (χ2n) is 2.80. The Hall–Kier alpha value is -0.710. The van der Waals surface area contributed by atoms with Gasteiger partial charge in [0.25, 0.3) is 11.1 Å². The second-order valence-corrected chi connectivity index (χ2v) is 4.88. The predicted octanol–water partition coefficient (Wildman–Crippen LogP) is 3.60. The van der Waals surface area contributed by atoms with Gasteiger partial charge in [-0.3, -0.25) is 14.9 Å². The van der Waals surface area contributed by atoms with E-state index in [-0.39, 0.29) is 10.6 Å². The number of nitrogens with one attached hydrogen (secondary N) is 1. The molecule has 0 aliphatic heterocycles. The van der Waals surface area contributed by atoms with Gasteiger partial charge in [-0.05, 0) is 24.0 Å². The first-order chi connectivity index (χ1) is 7.54. The van der Waals surface area contributed by atoms with Gasteiger partial charge in [-0.25, -0.2) is 0 Å². The Kier molecular flexibility index (Phi) is 5.12. The Balaban J connectivity index is 2.77. The number of hydrogen-bond acceptors (Lipinski definition) is 3. The minimum Gasteiger partial charge on any atom is -0.283 e. The lowest BCUT2D eigenvalue weighted by Crippen LogP contribution is -2.27. The van der Waals surface area contributed by atoms with Crippen LogP contribution in [0.1, 0.15) is 17.3 Å². The van der Waals surface area contributed by atoms with Crippen LogP contribution in [0.5, 0.6) is 0 Å². The minimum atomic E-state index is -0.521. The third-order valence-electron chi connectivity index (χ3n) is 1.67. The first kappa shape index (κ1) is 13.4. The van der Waals surface area contributed by atoms with Crippen LogP contribution < -0.4 is 5.32 Å². The van der Waals surface area contributed by atoms with Crippen molar-refractivity contribution in [3.8, 4) is 0 Å². The monoisotopic (exact) mass is 277 g/mol. The second kappa shape index (κ2) is 6.13. The van der Waals surface area contributed by atoms with E-state index in [0.717, 1.165) is 11.8 Å². The molecule has 86 valence electrons. The molecule has 1 N–H and O–H groups in total. The van der Waals surface area contributed by atoms with Crippen LogP contribution in [0, 0.1) is 0 Å². The molecule has 0 saturated heterocycles. The van der Waals surface area contributed by atoms with Crippen molar-refractivity contribution in [2.45, 2.75) is 6.92 Å². The van der Waals surface area contributed by atoms with Crippen molar-refractivity contribution >= 4 is 46.1 Å². The van der Waals surface area contributed by atoms with Crippen molar-refractivity contribution in [3.63, 3.8) is 0 Å². The summed E-state index contributed by atoms with van der Waals surface area (Å²) in [6, 6.07) is 4.47. The highest BCUT2D eigenvalue weighted by Gasteiger charge is 2.13. The molecule has 0 spiro atoms. The zero-order chi connectivity index (χ0) is 12.1. The quantitative estimate of drug-likeness (QED) is 0.899. The molecule has 1 aromatic rings. The van der Waals surface area contributed by atoms with Crippen LogP contribution in [0.2, 0.25) is 10.0 Å². The third-order valence-corrected chi connectivity index (χ3v) is 2.87. The third kappa shape index (κ3) is 3.70. The number of rotatable bonds is 2. The van der Waals surface area contributed by atoms with Crippen LogP contribution in [-0.2, 0) is 0 Å². The zero-order valence-electron chi connectivity index (χ0n) is 8.42. The van der Waals surface area contributed by atoms with Gasteiger partial charge in [-0.15, -0.1) is 0 Å². The van der Waals surface area contributed by atoms with Crippen molar-refractivity contribution in [2.75, 3.05) is 5.75 Å². The minimum absolute atomic E-state index is 0.222. The largest absolute Gasteiger partial charge is 0.285 e. The van der Waals surface area contributed by atoms with Crippen molar-refractivity contribution in [1.29, 1.82) is 0 Å². The molecule has 0 heterocycles. The normalized spacial score (nSPS) is 9.94. The van der Waals surface area contributed by atoms with Crippen molar-refractivity contribution in [2.24, 2.45) is 0 Å². The number of amides is 2. The molecule has 0 aliphatic carbocycles. The van der Waals surface area contributed by atoms with E-state index >= 15 is 0 Å². The van der Waals surface area contributed by atoms with Gasteiger partial charge >= 0.3 is 0 Å². The van der Waals surface area contributed by atoms with Gasteiger partial charge in [0.1, 0.15) is 0 Å². The fourth-order valence-electron chi connectivity index (χ4n) is 1.00. The van der Waals surface area contributed by atoms with E-state index in [0.29, 0.717) is 10.8 Å². The molecule has 1 rings (SSSR count). The SMILES string of the molecule is CCSC(=O)NC(=O)c1ccc(Cl)cc1Cl. The lowest BCUT2D eigenvalue weighted by atomic mass is 10.2. The lowest BCUT2D eigenvalue weighted by molar-refractivity contribution is 0.0970. The van der Waals surface area contributed by atoms with Gasteiger partial charge in [-0.2, -0.15) is 0 Å². The molecule has 0 fully saturated rings. The topological polar surface area (TPSA) is 46.2 Å². The van der Waals surface area contributed by atoms with Crippen molar-refractivity contribution in [1.82, 2.24) is 5.32 Å². The molecular weight excluding hydrogens is 269 g/mol. The Bertz CT molecular complexity index is 423. The van der Waals surface area contributed by atoms with Crippen molar-refractivity contribution in [3.05, 3.63) is 33.8 Å². The fraction of sp³-hybridized carbons (Fsp3) is 0.200. The van der Waals surface area contributed by atoms with E-state index < -0.39 is 11.1 Å². The summed E-state index contributed by atoms with van der Waals surface area (Å²) in [7, 11) is 0. The zero-order valence-corrected chi connectivity index (χ0v) is 10.7. The first-order valence-corrected chi connectivity index (χ1v) is 6.22. The maximum Gasteiger partial charge on any atom is 0.285 e. The van der Waals surface area contributed by atoms with E-state index in [2.05, 4.69) is 5.32 Å². The average molecular weight is 278 g/mol. The number of imide groups is 1. The number of hydrogen-bond donors (Lipinski definition) is 1. The number of benzene rings is 1. The molecule has 0 saturated carbocycles. The molecule has 6 heteroatoms. The molecule has 3 nitrogen and oxygen atoms in total. The summed E-state index contributed by atoms with van der Waals surface area (Å²) in [5.74, 6) is 0.0839. The summed E-state index contributed by atoms with van der Waals surface area (Å²) < 4.78 is 0. The average Bonchev–Trinajstić information content (AvgIpc) is 2.17. The fourth-order valence-corrected chi connectivity index (χ4v) is 1.92. The maximum absolute atomic E-state index is 11.6. The number of carbonyl (C=O) groups excluding carboxylic acids is 2. The summed E-state index contributed by atoms with van der Waals surface area (Å²) in [5.41, 5.74) is 0.233. The molecule has 0 aromatic heterocycles. The van der Waals surface area contributed by atoms with E-state index in [1.165, 1.54) is 12.1 Å². The molecule has 0 aliphatic rings. The van der Waals surface area contributed by atoms with E-state index in [9.17, 15) is 9.59 Å². The van der Waals surface area contributed by atoms with Crippen LogP contribution in [0.25, 0.3) is 0 Å². The van der Waals surface area contributed by atoms with E-state index in [1.807, 2.05) is 6.92 Å². The Morgan fingerprint density at radius 1 is 1.38 bits per heavy atom. The smallest absolute Gasteiger partial charge is 0.283 e. The Morgan fingerprint density at radius 2 is 2.06 bits per heavy atom. The van der Waals surface area contributed by atoms with Gasteiger partial charge in [0.2, 0.25) is 0 Å². The molecule has 1 aromatic carbocycles. The number of carbonyl (C=O) groups is 2. The molecule has 2 amide bonds. The highest BCUT2D eigenvalue weighted by molar-refractivity contribution is 8.13. The number of halogens is 2. The highest BCUT2D eigenvalue weighted by Crippen LogP contribution is 2.20. The van der Waals surface area contributed by atoms with Crippen LogP contribution >= 0.6 is 35.0 Å². The highest BCUT2D eigenvalue weighted by atomic mass is 35.5. The molecule has 0 unspecified atom stereocenters. The number of thioether (sulfide) groups is 1. The molecule has 0 radical (unpaired) electrons. The standard InChI is InChI=1S/C10H9Cl2NO2S/c1-2-16-10(15)13-9(14)7-4-3-6(11)5-8(7)12/h3-5H,2H2,1H3,(H,13,14,15). The van der Waals surface area contributed by atoms with Gasteiger partial charge in [0, 0.05) is 5.02 Å². The molecule has 16 heavy (non-hydrogen) atoms. The summed E-state index contributed by atoms with van der Waals surface area (Å²) in [5, 5.41) is 2.49. The van der Waals surface area contributed by atoms with Crippen LogP contribution in [-0.4, -0.2) is 16.9 Å². The lowest BCUT2D eigenvalue weighted by Gasteiger charge is -2.04. The van der Waals surface area contributed by atoms with Gasteiger partial charge in [0.15, 0.2) is 0 Å². The van der Waals surface area contributed by atoms with Gasteiger partial charge < -0.3 is 0 Å². The van der Waals surface area contributed by atoms with Crippen LogP contribution in [0.4, 0.5) is 4.79 Å². The molecule has 0 bridgehead atoms. The summed E-state index contributed by atoms with van der Waals surface area (Å²) in [4.78, 5) is 22.8. The molecule has 0 atom stereocenters. The maximum atomic E-state index is 11.6. The van der Waals surface area contributed by atoms with Gasteiger partial charge in [-0.1, -0.05) is 41.9 Å². The molecular formula is C10H9Cl2NO2S. The Morgan fingerprint density at radius 3 is 2.62 bits per heavy atom.